The summed E-state index contributed by atoms with van der Waals surface area (Å²) in [5.41, 5.74) is 0. The van der Waals surface area contributed by atoms with E-state index in [9.17, 15) is 0 Å². The highest BCUT2D eigenvalue weighted by Crippen LogP contribution is 2.09. The average Bonchev–Trinajstić information content (AvgIpc) is 2.10. The van der Waals surface area contributed by atoms with Crippen LogP contribution in [0.25, 0.3) is 0 Å². The zero-order valence-corrected chi connectivity index (χ0v) is 8.65. The number of hydrogen-bond donors (Lipinski definition) is 0. The van der Waals surface area contributed by atoms with Gasteiger partial charge in [-0.3, -0.25) is 0 Å². The van der Waals surface area contributed by atoms with Crippen molar-refractivity contribution in [1.82, 2.24) is 0 Å². The summed E-state index contributed by atoms with van der Waals surface area (Å²) >= 11 is 0. The van der Waals surface area contributed by atoms with Gasteiger partial charge in [0.2, 0.25) is 0 Å². The molecular weight excluding hydrogens is 144 g/mol. The van der Waals surface area contributed by atoms with Gasteiger partial charge in [-0.15, -0.1) is 0 Å². The molecule has 2 radical (unpaired) electrons. The highest BCUT2D eigenvalue weighted by molar-refractivity contribution is 4.62. The molecule has 0 atom stereocenters. The molecule has 0 N–H and O–H groups in total. The highest BCUT2D eigenvalue weighted by Gasteiger charge is 1.90. The van der Waals surface area contributed by atoms with E-state index in [1.165, 1.54) is 51.4 Å². The first kappa shape index (κ1) is 12.0. The fraction of sp³-hybridized carbons (Fsp3) is 0.833. The fourth-order valence-corrected chi connectivity index (χ4v) is 1.34. The molecule has 0 aliphatic carbocycles. The molecule has 0 amide bonds. The summed E-state index contributed by atoms with van der Waals surface area (Å²) in [4.78, 5) is 0. The summed E-state index contributed by atoms with van der Waals surface area (Å²) < 4.78 is 0. The molecule has 0 heteroatoms. The maximum absolute atomic E-state index is 3.84. The van der Waals surface area contributed by atoms with Gasteiger partial charge in [-0.2, -0.15) is 0 Å². The number of unbranched alkanes of at least 4 members (excludes halogenated alkanes) is 9. The lowest BCUT2D eigenvalue weighted by Crippen LogP contribution is -1.80. The van der Waals surface area contributed by atoms with Crippen LogP contribution >= 0.6 is 0 Å². The molecule has 0 fully saturated rings. The summed E-state index contributed by atoms with van der Waals surface area (Å²) in [5, 5.41) is 0. The first-order valence-corrected chi connectivity index (χ1v) is 5.52. The van der Waals surface area contributed by atoms with Crippen LogP contribution in [0.1, 0.15) is 64.7 Å². The van der Waals surface area contributed by atoms with Crippen molar-refractivity contribution in [3.63, 3.8) is 0 Å². The Morgan fingerprint density at radius 3 is 2.25 bits per heavy atom. The zero-order chi connectivity index (χ0) is 9.07. The first-order valence-electron chi connectivity index (χ1n) is 5.52. The van der Waals surface area contributed by atoms with Gasteiger partial charge in [-0.1, -0.05) is 71.6 Å². The Balaban J connectivity index is 2.73. The van der Waals surface area contributed by atoms with Crippen molar-refractivity contribution in [1.29, 1.82) is 0 Å². The van der Waals surface area contributed by atoms with Crippen LogP contribution in [0.3, 0.4) is 0 Å². The minimum Gasteiger partial charge on any atom is -0.0654 e. The Morgan fingerprint density at radius 1 is 0.917 bits per heavy atom. The molecule has 0 aliphatic rings. The minimum atomic E-state index is 1.11. The van der Waals surface area contributed by atoms with Gasteiger partial charge in [0.25, 0.3) is 0 Å². The van der Waals surface area contributed by atoms with E-state index in [1.54, 1.807) is 0 Å². The normalized spacial score (nSPS) is 10.5. The van der Waals surface area contributed by atoms with Gasteiger partial charge in [-0.25, -0.2) is 0 Å². The molecule has 12 heavy (non-hydrogen) atoms. The quantitative estimate of drug-likeness (QED) is 0.443. The van der Waals surface area contributed by atoms with Crippen LogP contribution in [-0.2, 0) is 0 Å². The lowest BCUT2D eigenvalue weighted by Gasteiger charge is -1.99. The van der Waals surface area contributed by atoms with E-state index >= 15 is 0 Å². The second kappa shape index (κ2) is 11.0. The Labute approximate surface area is 78.8 Å². The predicted molar refractivity (Wildman–Crippen MR) is 56.9 cm³/mol. The van der Waals surface area contributed by atoms with Crippen molar-refractivity contribution in [2.45, 2.75) is 64.7 Å². The van der Waals surface area contributed by atoms with Gasteiger partial charge in [0, 0.05) is 0 Å². The molecule has 0 unspecified atom stereocenters. The van der Waals surface area contributed by atoms with Gasteiger partial charge in [-0.05, 0) is 6.42 Å². The smallest absolute Gasteiger partial charge is 0.0386 e. The molecule has 0 spiro atoms. The van der Waals surface area contributed by atoms with Crippen molar-refractivity contribution < 1.29 is 0 Å². The van der Waals surface area contributed by atoms with E-state index in [4.69, 9.17) is 0 Å². The Hall–Kier alpha value is 0. The lowest BCUT2D eigenvalue weighted by atomic mass is 10.1. The van der Waals surface area contributed by atoms with E-state index in [1.807, 2.05) is 0 Å². The van der Waals surface area contributed by atoms with Gasteiger partial charge in [0.15, 0.2) is 0 Å². The van der Waals surface area contributed by atoms with Gasteiger partial charge >= 0.3 is 0 Å². The minimum absolute atomic E-state index is 1.11. The maximum atomic E-state index is 3.84. The SMILES string of the molecule is [CH2]CCCCCCC[CH]CCC. The monoisotopic (exact) mass is 168 g/mol. The fourth-order valence-electron chi connectivity index (χ4n) is 1.34. The standard InChI is InChI=1S/C12H24/c1-3-5-7-9-11-12-10-8-6-4-2/h8H,1,3-7,9-12H2,2H3. The van der Waals surface area contributed by atoms with Crippen molar-refractivity contribution in [3.8, 4) is 0 Å². The molecule has 72 valence electrons. The van der Waals surface area contributed by atoms with Crippen LogP contribution in [0.4, 0.5) is 0 Å². The van der Waals surface area contributed by atoms with Crippen molar-refractivity contribution in [2.24, 2.45) is 0 Å². The third kappa shape index (κ3) is 10.0. The van der Waals surface area contributed by atoms with Crippen LogP contribution in [0, 0.1) is 13.3 Å². The molecule has 0 saturated heterocycles. The Morgan fingerprint density at radius 2 is 1.58 bits per heavy atom. The second-order valence-electron chi connectivity index (χ2n) is 3.49. The molecule has 0 heterocycles. The zero-order valence-electron chi connectivity index (χ0n) is 8.65. The van der Waals surface area contributed by atoms with Crippen LogP contribution in [-0.4, -0.2) is 0 Å². The molecule has 0 saturated carbocycles. The van der Waals surface area contributed by atoms with Crippen LogP contribution in [0.5, 0.6) is 0 Å². The van der Waals surface area contributed by atoms with Crippen LogP contribution in [0.2, 0.25) is 0 Å². The molecule has 0 aliphatic heterocycles. The topological polar surface area (TPSA) is 0 Å². The van der Waals surface area contributed by atoms with Crippen molar-refractivity contribution >= 4 is 0 Å². The molecule has 0 rings (SSSR count). The van der Waals surface area contributed by atoms with E-state index in [0.29, 0.717) is 0 Å². The van der Waals surface area contributed by atoms with Gasteiger partial charge in [0.1, 0.15) is 0 Å². The lowest BCUT2D eigenvalue weighted by molar-refractivity contribution is 0.608. The van der Waals surface area contributed by atoms with Crippen molar-refractivity contribution in [2.75, 3.05) is 0 Å². The largest absolute Gasteiger partial charge is 0.0654 e. The third-order valence-electron chi connectivity index (χ3n) is 2.15. The predicted octanol–water partition coefficient (Wildman–Crippen LogP) is 4.56. The molecule has 0 bridgehead atoms. The summed E-state index contributed by atoms with van der Waals surface area (Å²) in [5.74, 6) is 0. The number of hydrogen-bond acceptors (Lipinski definition) is 0. The number of rotatable bonds is 9. The summed E-state index contributed by atoms with van der Waals surface area (Å²) in [6, 6.07) is 0. The van der Waals surface area contributed by atoms with E-state index in [2.05, 4.69) is 20.3 Å². The summed E-state index contributed by atoms with van der Waals surface area (Å²) in [6.45, 7) is 6.08. The van der Waals surface area contributed by atoms with E-state index in [0.717, 1.165) is 6.42 Å². The Bertz CT molecular complexity index is 56.4. The van der Waals surface area contributed by atoms with Crippen molar-refractivity contribution in [3.05, 3.63) is 13.3 Å². The maximum Gasteiger partial charge on any atom is -0.0386 e. The summed E-state index contributed by atoms with van der Waals surface area (Å²) in [6.07, 6.45) is 14.4. The van der Waals surface area contributed by atoms with E-state index in [-0.39, 0.29) is 0 Å². The molecule has 0 aromatic rings. The van der Waals surface area contributed by atoms with Gasteiger partial charge in [0.05, 0.1) is 0 Å². The Kier molecular flexibility index (Phi) is 11.0. The summed E-state index contributed by atoms with van der Waals surface area (Å²) in [7, 11) is 0. The molecular formula is C12H24. The van der Waals surface area contributed by atoms with Crippen LogP contribution < -0.4 is 0 Å². The highest BCUT2D eigenvalue weighted by atomic mass is 14.0. The third-order valence-corrected chi connectivity index (χ3v) is 2.15. The molecule has 0 aromatic carbocycles. The first-order chi connectivity index (χ1) is 5.91. The van der Waals surface area contributed by atoms with Crippen LogP contribution in [0.15, 0.2) is 0 Å². The average molecular weight is 168 g/mol. The second-order valence-corrected chi connectivity index (χ2v) is 3.49. The molecule has 0 nitrogen and oxygen atoms in total. The van der Waals surface area contributed by atoms with E-state index < -0.39 is 0 Å². The molecule has 0 aromatic heterocycles. The van der Waals surface area contributed by atoms with Gasteiger partial charge < -0.3 is 0 Å².